The van der Waals surface area contributed by atoms with E-state index in [4.69, 9.17) is 0 Å². The maximum atomic E-state index is 9.60. The molecule has 0 aliphatic rings. The first-order chi connectivity index (χ1) is 13.7. The molecule has 142 valence electrons. The van der Waals surface area contributed by atoms with Crippen molar-refractivity contribution in [3.05, 3.63) is 83.9 Å². The Labute approximate surface area is 164 Å². The number of hydrogen-bond donors (Lipinski definition) is 1. The van der Waals surface area contributed by atoms with Crippen LogP contribution in [-0.2, 0) is 13.1 Å². The summed E-state index contributed by atoms with van der Waals surface area (Å²) >= 11 is 0. The van der Waals surface area contributed by atoms with Crippen LogP contribution < -0.4 is 4.90 Å². The van der Waals surface area contributed by atoms with Gasteiger partial charge in [0.05, 0.1) is 24.9 Å². The van der Waals surface area contributed by atoms with Gasteiger partial charge >= 0.3 is 0 Å². The fraction of sp³-hybridized carbons (Fsp3) is 0.227. The molecule has 0 unspecified atom stereocenters. The molecule has 0 spiro atoms. The summed E-state index contributed by atoms with van der Waals surface area (Å²) in [6.07, 6.45) is 5.50. The fourth-order valence-corrected chi connectivity index (χ4v) is 3.35. The number of anilines is 1. The summed E-state index contributed by atoms with van der Waals surface area (Å²) in [4.78, 5) is 11.0. The molecule has 6 nitrogen and oxygen atoms in total. The molecule has 2 heterocycles. The van der Waals surface area contributed by atoms with Crippen LogP contribution in [0.2, 0.25) is 0 Å². The second-order valence-electron chi connectivity index (χ2n) is 6.89. The van der Waals surface area contributed by atoms with Gasteiger partial charge < -0.3 is 10.0 Å². The smallest absolute Gasteiger partial charge is 0.140 e. The monoisotopic (exact) mass is 373 g/mol. The minimum atomic E-state index is 0.0511. The van der Waals surface area contributed by atoms with Gasteiger partial charge in [0.15, 0.2) is 0 Å². The Morgan fingerprint density at radius 2 is 1.89 bits per heavy atom. The van der Waals surface area contributed by atoms with E-state index in [1.54, 1.807) is 6.33 Å². The van der Waals surface area contributed by atoms with Crippen LogP contribution in [0.1, 0.15) is 16.7 Å². The Bertz CT molecular complexity index is 1060. The molecule has 0 bridgehead atoms. The lowest BCUT2D eigenvalue weighted by molar-refractivity contribution is 0.301. The summed E-state index contributed by atoms with van der Waals surface area (Å²) in [7, 11) is 0. The van der Waals surface area contributed by atoms with Crippen molar-refractivity contribution in [1.82, 2.24) is 19.7 Å². The summed E-state index contributed by atoms with van der Waals surface area (Å²) in [6, 6.07) is 16.4. The molecule has 4 aromatic rings. The van der Waals surface area contributed by atoms with Crippen LogP contribution in [0.5, 0.6) is 0 Å². The molecule has 0 aliphatic heterocycles. The van der Waals surface area contributed by atoms with Crippen molar-refractivity contribution in [2.75, 3.05) is 18.1 Å². The molecule has 1 N–H and O–H groups in total. The maximum Gasteiger partial charge on any atom is 0.140 e. The quantitative estimate of drug-likeness (QED) is 0.539. The second-order valence-corrected chi connectivity index (χ2v) is 6.89. The number of aromatic nitrogens is 4. The third-order valence-electron chi connectivity index (χ3n) is 4.69. The molecule has 4 rings (SSSR count). The van der Waals surface area contributed by atoms with Crippen LogP contribution in [0, 0.1) is 6.92 Å². The van der Waals surface area contributed by atoms with Crippen LogP contribution in [0.15, 0.2) is 67.3 Å². The first-order valence-corrected chi connectivity index (χ1v) is 9.35. The Morgan fingerprint density at radius 1 is 1.04 bits per heavy atom. The van der Waals surface area contributed by atoms with E-state index < -0.39 is 0 Å². The van der Waals surface area contributed by atoms with E-state index in [9.17, 15) is 5.11 Å². The molecule has 2 aromatic carbocycles. The average molecular weight is 373 g/mol. The van der Waals surface area contributed by atoms with Gasteiger partial charge in [-0.05, 0) is 24.6 Å². The average Bonchev–Trinajstić information content (AvgIpc) is 3.15. The summed E-state index contributed by atoms with van der Waals surface area (Å²) in [6.45, 7) is 3.95. The molecule has 6 heteroatoms. The highest BCUT2D eigenvalue weighted by Gasteiger charge is 2.14. The van der Waals surface area contributed by atoms with Crippen LogP contribution in [0.3, 0.4) is 0 Å². The van der Waals surface area contributed by atoms with Crippen molar-refractivity contribution in [1.29, 1.82) is 0 Å². The van der Waals surface area contributed by atoms with Crippen molar-refractivity contribution in [3.8, 4) is 0 Å². The SMILES string of the molecule is Cc1ccc2ncnc(N(CCO)Cc3cnn(Cc4ccccc4)c3)c2c1. The van der Waals surface area contributed by atoms with Crippen molar-refractivity contribution >= 4 is 16.7 Å². The number of fused-ring (bicyclic) bond motifs is 1. The second kappa shape index (κ2) is 8.19. The summed E-state index contributed by atoms with van der Waals surface area (Å²) in [5, 5.41) is 15.1. The van der Waals surface area contributed by atoms with Crippen molar-refractivity contribution < 1.29 is 5.11 Å². The Morgan fingerprint density at radius 3 is 2.71 bits per heavy atom. The van der Waals surface area contributed by atoms with E-state index in [0.29, 0.717) is 13.1 Å². The van der Waals surface area contributed by atoms with Gasteiger partial charge in [0.25, 0.3) is 0 Å². The highest BCUT2D eigenvalue weighted by atomic mass is 16.3. The molecule has 2 aromatic heterocycles. The normalized spacial score (nSPS) is 11.1. The third-order valence-corrected chi connectivity index (χ3v) is 4.69. The van der Waals surface area contributed by atoms with Crippen LogP contribution in [0.4, 0.5) is 5.82 Å². The summed E-state index contributed by atoms with van der Waals surface area (Å²) < 4.78 is 1.93. The Hall–Kier alpha value is -3.25. The first kappa shape index (κ1) is 18.1. The zero-order valence-electron chi connectivity index (χ0n) is 15.9. The maximum absolute atomic E-state index is 9.60. The van der Waals surface area contributed by atoms with Gasteiger partial charge in [0.1, 0.15) is 12.1 Å². The van der Waals surface area contributed by atoms with E-state index in [2.05, 4.69) is 45.1 Å². The van der Waals surface area contributed by atoms with Crippen molar-refractivity contribution in [2.45, 2.75) is 20.0 Å². The van der Waals surface area contributed by atoms with E-state index in [-0.39, 0.29) is 6.61 Å². The zero-order valence-corrected chi connectivity index (χ0v) is 15.9. The lowest BCUT2D eigenvalue weighted by atomic mass is 10.1. The Balaban J connectivity index is 1.59. The van der Waals surface area contributed by atoms with Crippen LogP contribution >= 0.6 is 0 Å². The first-order valence-electron chi connectivity index (χ1n) is 9.35. The summed E-state index contributed by atoms with van der Waals surface area (Å²) in [5.74, 6) is 0.832. The van der Waals surface area contributed by atoms with Gasteiger partial charge in [-0.25, -0.2) is 9.97 Å². The number of aliphatic hydroxyl groups is 1. The third kappa shape index (κ3) is 4.02. The molecule has 0 aliphatic carbocycles. The zero-order chi connectivity index (χ0) is 19.3. The predicted octanol–water partition coefficient (Wildman–Crippen LogP) is 3.18. The number of benzene rings is 2. The van der Waals surface area contributed by atoms with Gasteiger partial charge in [-0.1, -0.05) is 42.0 Å². The standard InChI is InChI=1S/C22H23N5O/c1-17-7-8-21-20(11-17)22(24-16-23-21)26(9-10-28)13-19-12-25-27(15-19)14-18-5-3-2-4-6-18/h2-8,11-12,15-16,28H,9-10,13-14H2,1H3. The molecule has 0 saturated heterocycles. The van der Waals surface area contributed by atoms with Crippen molar-refractivity contribution in [3.63, 3.8) is 0 Å². The van der Waals surface area contributed by atoms with E-state index >= 15 is 0 Å². The highest BCUT2D eigenvalue weighted by Crippen LogP contribution is 2.25. The lowest BCUT2D eigenvalue weighted by Crippen LogP contribution is -2.27. The van der Waals surface area contributed by atoms with Gasteiger partial charge in [0.2, 0.25) is 0 Å². The lowest BCUT2D eigenvalue weighted by Gasteiger charge is -2.23. The number of aliphatic hydroxyl groups excluding tert-OH is 1. The van der Waals surface area contributed by atoms with Gasteiger partial charge in [-0.2, -0.15) is 5.10 Å². The molecule has 0 radical (unpaired) electrons. The molecule has 0 saturated carbocycles. The van der Waals surface area contributed by atoms with Gasteiger partial charge in [-0.3, -0.25) is 4.68 Å². The fourth-order valence-electron chi connectivity index (χ4n) is 3.35. The van der Waals surface area contributed by atoms with E-state index in [1.807, 2.05) is 47.4 Å². The largest absolute Gasteiger partial charge is 0.395 e. The topological polar surface area (TPSA) is 67.1 Å². The predicted molar refractivity (Wildman–Crippen MR) is 110 cm³/mol. The van der Waals surface area contributed by atoms with Crippen molar-refractivity contribution in [2.24, 2.45) is 0 Å². The minimum absolute atomic E-state index is 0.0511. The number of rotatable bonds is 7. The molecular formula is C22H23N5O. The molecule has 0 amide bonds. The molecular weight excluding hydrogens is 350 g/mol. The van der Waals surface area contributed by atoms with Gasteiger partial charge in [0, 0.05) is 30.2 Å². The summed E-state index contributed by atoms with van der Waals surface area (Å²) in [5.41, 5.74) is 4.34. The minimum Gasteiger partial charge on any atom is -0.395 e. The van der Waals surface area contributed by atoms with Gasteiger partial charge in [-0.15, -0.1) is 0 Å². The number of aryl methyl sites for hydroxylation is 1. The van der Waals surface area contributed by atoms with Crippen LogP contribution in [0.25, 0.3) is 10.9 Å². The molecule has 0 fully saturated rings. The molecule has 28 heavy (non-hydrogen) atoms. The van der Waals surface area contributed by atoms with E-state index in [0.717, 1.165) is 34.4 Å². The molecule has 0 atom stereocenters. The van der Waals surface area contributed by atoms with E-state index in [1.165, 1.54) is 5.56 Å². The number of hydrogen-bond acceptors (Lipinski definition) is 5. The Kier molecular flexibility index (Phi) is 5.30. The highest BCUT2D eigenvalue weighted by molar-refractivity contribution is 5.89. The van der Waals surface area contributed by atoms with Crippen LogP contribution in [-0.4, -0.2) is 38.0 Å². The number of nitrogens with zero attached hydrogens (tertiary/aromatic N) is 5.